The largest absolute Gasteiger partial charge is 0.496 e. The van der Waals surface area contributed by atoms with Crippen molar-refractivity contribution in [1.82, 2.24) is 9.88 Å². The number of amides is 1. The summed E-state index contributed by atoms with van der Waals surface area (Å²) in [5, 5.41) is 3.33. The summed E-state index contributed by atoms with van der Waals surface area (Å²) in [7, 11) is 5.70. The maximum absolute atomic E-state index is 11.2. The van der Waals surface area contributed by atoms with Gasteiger partial charge in [-0.1, -0.05) is 18.2 Å². The predicted octanol–water partition coefficient (Wildman–Crippen LogP) is 1.90. The van der Waals surface area contributed by atoms with Gasteiger partial charge in [-0.15, -0.1) is 0 Å². The van der Waals surface area contributed by atoms with E-state index in [0.717, 1.165) is 17.0 Å². The number of ether oxygens (including phenoxy) is 1. The van der Waals surface area contributed by atoms with Gasteiger partial charge in [-0.25, -0.2) is 0 Å². The highest BCUT2D eigenvalue weighted by Crippen LogP contribution is 2.28. The number of likely N-dealkylation sites (N-methyl/N-ethyl adjacent to an activating group) is 1. The van der Waals surface area contributed by atoms with Crippen molar-refractivity contribution in [3.63, 3.8) is 0 Å². The summed E-state index contributed by atoms with van der Waals surface area (Å²) in [5.74, 6) is 0.308. The number of aromatic nitrogens is 1. The Morgan fingerprint density at radius 2 is 2.09 bits per heavy atom. The number of hydrogen-bond acceptors (Lipinski definition) is 5. The predicted molar refractivity (Wildman–Crippen MR) is 90.7 cm³/mol. The average molecular weight is 314 g/mol. The monoisotopic (exact) mass is 314 g/mol. The molecule has 6 heteroatoms. The highest BCUT2D eigenvalue weighted by molar-refractivity contribution is 5.91. The minimum Gasteiger partial charge on any atom is -0.496 e. The number of nitrogens with one attached hydrogen (secondary N) is 1. The van der Waals surface area contributed by atoms with Crippen LogP contribution in [0.2, 0.25) is 0 Å². The number of hydrogen-bond donors (Lipinski definition) is 2. The first-order chi connectivity index (χ1) is 11.0. The molecule has 0 bridgehead atoms. The van der Waals surface area contributed by atoms with Crippen molar-refractivity contribution in [3.8, 4) is 5.75 Å². The van der Waals surface area contributed by atoms with E-state index in [2.05, 4.69) is 15.2 Å². The van der Waals surface area contributed by atoms with Gasteiger partial charge in [0.1, 0.15) is 11.4 Å². The molecule has 1 atom stereocenters. The zero-order valence-electron chi connectivity index (χ0n) is 13.6. The van der Waals surface area contributed by atoms with Crippen molar-refractivity contribution in [3.05, 3.63) is 53.9 Å². The first-order valence-electron chi connectivity index (χ1n) is 7.32. The summed E-state index contributed by atoms with van der Waals surface area (Å²) in [6.45, 7) is 0.648. The van der Waals surface area contributed by atoms with E-state index in [4.69, 9.17) is 10.5 Å². The van der Waals surface area contributed by atoms with Gasteiger partial charge < -0.3 is 20.7 Å². The molecular formula is C17H22N4O2. The molecule has 0 aliphatic rings. The third kappa shape index (κ3) is 4.20. The Labute approximate surface area is 136 Å². The maximum Gasteiger partial charge on any atom is 0.267 e. The van der Waals surface area contributed by atoms with Crippen molar-refractivity contribution < 1.29 is 9.53 Å². The van der Waals surface area contributed by atoms with Crippen LogP contribution in [0.3, 0.4) is 0 Å². The Bertz CT molecular complexity index is 673. The topological polar surface area (TPSA) is 80.5 Å². The Balaban J connectivity index is 2.18. The first kappa shape index (κ1) is 16.8. The number of pyridine rings is 1. The molecule has 2 aromatic rings. The molecule has 1 unspecified atom stereocenters. The van der Waals surface area contributed by atoms with E-state index in [1.54, 1.807) is 25.4 Å². The van der Waals surface area contributed by atoms with E-state index >= 15 is 0 Å². The van der Waals surface area contributed by atoms with Crippen LogP contribution in [0, 0.1) is 0 Å². The molecule has 23 heavy (non-hydrogen) atoms. The van der Waals surface area contributed by atoms with E-state index in [9.17, 15) is 4.79 Å². The van der Waals surface area contributed by atoms with Crippen LogP contribution in [0.5, 0.6) is 5.75 Å². The zero-order valence-corrected chi connectivity index (χ0v) is 13.6. The van der Waals surface area contributed by atoms with Gasteiger partial charge in [0.15, 0.2) is 0 Å². The van der Waals surface area contributed by atoms with Crippen LogP contribution < -0.4 is 15.8 Å². The number of methoxy groups -OCH3 is 1. The molecule has 1 aromatic carbocycles. The van der Waals surface area contributed by atoms with Gasteiger partial charge in [-0.2, -0.15) is 0 Å². The molecule has 0 radical (unpaired) electrons. The Kier molecular flexibility index (Phi) is 5.54. The van der Waals surface area contributed by atoms with E-state index in [0.29, 0.717) is 6.54 Å². The summed E-state index contributed by atoms with van der Waals surface area (Å²) in [6, 6.07) is 11.5. The van der Waals surface area contributed by atoms with E-state index in [1.165, 1.54) is 0 Å². The second-order valence-corrected chi connectivity index (χ2v) is 5.40. The van der Waals surface area contributed by atoms with Crippen molar-refractivity contribution in [2.75, 3.05) is 33.1 Å². The first-order valence-corrected chi connectivity index (χ1v) is 7.32. The Morgan fingerprint density at radius 3 is 2.74 bits per heavy atom. The lowest BCUT2D eigenvalue weighted by Crippen LogP contribution is -2.27. The number of rotatable bonds is 7. The number of para-hydroxylation sites is 1. The number of nitrogens with zero attached hydrogens (tertiary/aromatic N) is 2. The van der Waals surface area contributed by atoms with Crippen molar-refractivity contribution in [1.29, 1.82) is 0 Å². The Morgan fingerprint density at radius 1 is 1.35 bits per heavy atom. The molecule has 1 aromatic heterocycles. The number of carbonyl (C=O) groups is 1. The van der Waals surface area contributed by atoms with Crippen LogP contribution in [0.4, 0.5) is 5.69 Å². The smallest absolute Gasteiger partial charge is 0.267 e. The molecule has 3 N–H and O–H groups in total. The molecule has 0 aliphatic carbocycles. The fraction of sp³-hybridized carbons (Fsp3) is 0.294. The summed E-state index contributed by atoms with van der Waals surface area (Å²) >= 11 is 0. The third-order valence-electron chi connectivity index (χ3n) is 3.63. The quantitative estimate of drug-likeness (QED) is 0.816. The number of carbonyl (C=O) groups excluding carboxylic acids is 1. The standard InChI is InChI=1S/C17H22N4O2/c1-21(2)15(13-6-4-5-7-16(13)23-3)11-20-12-8-9-19-14(10-12)17(18)22/h4-10,15H,11H2,1-3H3,(H2,18,22)(H,19,20). The third-order valence-corrected chi connectivity index (χ3v) is 3.63. The van der Waals surface area contributed by atoms with Gasteiger partial charge >= 0.3 is 0 Å². The van der Waals surface area contributed by atoms with Crippen LogP contribution in [0.1, 0.15) is 22.1 Å². The fourth-order valence-electron chi connectivity index (χ4n) is 2.40. The van der Waals surface area contributed by atoms with Gasteiger partial charge in [-0.3, -0.25) is 9.78 Å². The van der Waals surface area contributed by atoms with Crippen LogP contribution >= 0.6 is 0 Å². The number of benzene rings is 1. The summed E-state index contributed by atoms with van der Waals surface area (Å²) < 4.78 is 5.45. The SMILES string of the molecule is COc1ccccc1C(CNc1ccnc(C(N)=O)c1)N(C)C. The molecule has 0 saturated carbocycles. The second kappa shape index (κ2) is 7.60. The molecule has 0 aliphatic heterocycles. The molecule has 1 amide bonds. The minimum atomic E-state index is -0.539. The molecule has 0 spiro atoms. The lowest BCUT2D eigenvalue weighted by Gasteiger charge is -2.27. The minimum absolute atomic E-state index is 0.108. The molecule has 0 fully saturated rings. The molecule has 2 rings (SSSR count). The van der Waals surface area contributed by atoms with Crippen molar-refractivity contribution in [2.45, 2.75) is 6.04 Å². The zero-order chi connectivity index (χ0) is 16.8. The van der Waals surface area contributed by atoms with Crippen molar-refractivity contribution in [2.24, 2.45) is 5.73 Å². The summed E-state index contributed by atoms with van der Waals surface area (Å²) in [6.07, 6.45) is 1.57. The van der Waals surface area contributed by atoms with Crippen LogP contribution in [0.25, 0.3) is 0 Å². The van der Waals surface area contributed by atoms with E-state index < -0.39 is 5.91 Å². The van der Waals surface area contributed by atoms with Crippen LogP contribution in [-0.2, 0) is 0 Å². The summed E-state index contributed by atoms with van der Waals surface area (Å²) in [5.41, 5.74) is 7.40. The van der Waals surface area contributed by atoms with E-state index in [1.807, 2.05) is 38.4 Å². The highest BCUT2D eigenvalue weighted by Gasteiger charge is 2.18. The number of anilines is 1. The van der Waals surface area contributed by atoms with Gasteiger partial charge in [-0.05, 0) is 32.3 Å². The number of nitrogens with two attached hydrogens (primary N) is 1. The van der Waals surface area contributed by atoms with Gasteiger partial charge in [0, 0.05) is 24.0 Å². The number of primary amides is 1. The lowest BCUT2D eigenvalue weighted by atomic mass is 10.0. The highest BCUT2D eigenvalue weighted by atomic mass is 16.5. The van der Waals surface area contributed by atoms with Crippen molar-refractivity contribution >= 4 is 11.6 Å². The molecule has 122 valence electrons. The lowest BCUT2D eigenvalue weighted by molar-refractivity contribution is 0.0995. The average Bonchev–Trinajstić information content (AvgIpc) is 2.55. The second-order valence-electron chi connectivity index (χ2n) is 5.40. The Hall–Kier alpha value is -2.60. The van der Waals surface area contributed by atoms with Gasteiger partial charge in [0.2, 0.25) is 0 Å². The summed E-state index contributed by atoms with van der Waals surface area (Å²) in [4.78, 5) is 17.3. The maximum atomic E-state index is 11.2. The molecule has 0 saturated heterocycles. The van der Waals surface area contributed by atoms with Crippen LogP contribution in [-0.4, -0.2) is 43.5 Å². The van der Waals surface area contributed by atoms with Crippen LogP contribution in [0.15, 0.2) is 42.6 Å². The fourth-order valence-corrected chi connectivity index (χ4v) is 2.40. The van der Waals surface area contributed by atoms with Gasteiger partial charge in [0.25, 0.3) is 5.91 Å². The van der Waals surface area contributed by atoms with E-state index in [-0.39, 0.29) is 11.7 Å². The normalized spacial score (nSPS) is 12.0. The van der Waals surface area contributed by atoms with Gasteiger partial charge in [0.05, 0.1) is 13.2 Å². The molecule has 6 nitrogen and oxygen atoms in total. The molecule has 1 heterocycles. The molecular weight excluding hydrogens is 292 g/mol.